The minimum Gasteiger partial charge on any atom is -0.324 e. The predicted octanol–water partition coefficient (Wildman–Crippen LogP) is 2.42. The van der Waals surface area contributed by atoms with E-state index in [1.54, 1.807) is 0 Å². The van der Waals surface area contributed by atoms with Crippen LogP contribution in [0.15, 0.2) is 0 Å². The van der Waals surface area contributed by atoms with E-state index in [0.717, 1.165) is 6.42 Å². The first-order chi connectivity index (χ1) is 5.74. The molecule has 3 heteroatoms. The number of rotatable bonds is 7. The molecular weight excluding hydrogens is 174 g/mol. The molecule has 0 aliphatic carbocycles. The van der Waals surface area contributed by atoms with Gasteiger partial charge in [-0.25, -0.2) is 0 Å². The van der Waals surface area contributed by atoms with Gasteiger partial charge in [-0.2, -0.15) is 0 Å². The van der Waals surface area contributed by atoms with Crippen molar-refractivity contribution in [3.63, 3.8) is 0 Å². The highest BCUT2D eigenvalue weighted by Gasteiger charge is 2.19. The van der Waals surface area contributed by atoms with Crippen LogP contribution in [-0.4, -0.2) is 37.3 Å². The maximum absolute atomic E-state index is 5.15. The topological polar surface area (TPSA) is 9.23 Å². The Morgan fingerprint density at radius 3 is 1.92 bits per heavy atom. The highest BCUT2D eigenvalue weighted by atomic mass is 35.5. The molecule has 12 heavy (non-hydrogen) atoms. The Bertz CT molecular complexity index is 96.4. The van der Waals surface area contributed by atoms with E-state index in [0.29, 0.717) is 6.61 Å². The zero-order valence-corrected chi connectivity index (χ0v) is 9.23. The van der Waals surface area contributed by atoms with Crippen molar-refractivity contribution in [1.82, 2.24) is 0 Å². The van der Waals surface area contributed by atoms with Crippen molar-refractivity contribution in [3.05, 3.63) is 0 Å². The van der Waals surface area contributed by atoms with Crippen LogP contribution in [0.25, 0.3) is 0 Å². The lowest BCUT2D eigenvalue weighted by Crippen LogP contribution is -2.48. The molecule has 0 saturated carbocycles. The molecule has 0 amide bonds. The Morgan fingerprint density at radius 1 is 1.08 bits per heavy atom. The van der Waals surface area contributed by atoms with Crippen molar-refractivity contribution in [2.75, 3.05) is 32.8 Å². The van der Waals surface area contributed by atoms with E-state index in [9.17, 15) is 0 Å². The molecule has 0 spiro atoms. The first-order valence-electron chi connectivity index (χ1n) is 4.83. The van der Waals surface area contributed by atoms with Crippen LogP contribution in [0.4, 0.5) is 0 Å². The van der Waals surface area contributed by atoms with Crippen molar-refractivity contribution < 1.29 is 8.77 Å². The summed E-state index contributed by atoms with van der Waals surface area (Å²) in [7, 11) is 0. The van der Waals surface area contributed by atoms with Crippen LogP contribution in [0.3, 0.4) is 0 Å². The SMILES string of the molecule is CC[N+](CC)(CC)CCCOCl. The van der Waals surface area contributed by atoms with Gasteiger partial charge in [0.25, 0.3) is 0 Å². The number of hydrogen-bond donors (Lipinski definition) is 0. The Labute approximate surface area is 81.2 Å². The lowest BCUT2D eigenvalue weighted by atomic mass is 10.3. The van der Waals surface area contributed by atoms with Gasteiger partial charge in [0.05, 0.1) is 44.7 Å². The van der Waals surface area contributed by atoms with Crippen LogP contribution in [0.2, 0.25) is 0 Å². The van der Waals surface area contributed by atoms with Crippen molar-refractivity contribution >= 4 is 11.9 Å². The second kappa shape index (κ2) is 6.70. The van der Waals surface area contributed by atoms with Gasteiger partial charge < -0.3 is 4.48 Å². The maximum atomic E-state index is 5.15. The zero-order valence-electron chi connectivity index (χ0n) is 8.48. The second-order valence-corrected chi connectivity index (χ2v) is 3.40. The monoisotopic (exact) mass is 194 g/mol. The first-order valence-corrected chi connectivity index (χ1v) is 5.14. The van der Waals surface area contributed by atoms with Crippen LogP contribution < -0.4 is 0 Å². The van der Waals surface area contributed by atoms with Gasteiger partial charge in [-0.1, -0.05) is 0 Å². The Morgan fingerprint density at radius 2 is 1.58 bits per heavy atom. The van der Waals surface area contributed by atoms with Crippen molar-refractivity contribution in [1.29, 1.82) is 0 Å². The molecule has 0 unspecified atom stereocenters. The van der Waals surface area contributed by atoms with Crippen molar-refractivity contribution in [2.24, 2.45) is 0 Å². The predicted molar refractivity (Wildman–Crippen MR) is 53.2 cm³/mol. The van der Waals surface area contributed by atoms with Crippen LogP contribution >= 0.6 is 11.9 Å². The van der Waals surface area contributed by atoms with E-state index in [-0.39, 0.29) is 0 Å². The quantitative estimate of drug-likeness (QED) is 0.447. The summed E-state index contributed by atoms with van der Waals surface area (Å²) in [5.74, 6) is 0. The molecule has 0 atom stereocenters. The number of halogens is 1. The molecule has 0 aromatic rings. The van der Waals surface area contributed by atoms with E-state index in [2.05, 4.69) is 25.1 Å². The van der Waals surface area contributed by atoms with E-state index in [1.807, 2.05) is 0 Å². The minimum absolute atomic E-state index is 0.668. The first kappa shape index (κ1) is 12.2. The number of hydrogen-bond acceptors (Lipinski definition) is 1. The molecule has 0 radical (unpaired) electrons. The average molecular weight is 195 g/mol. The van der Waals surface area contributed by atoms with Gasteiger partial charge in [-0.05, 0) is 20.8 Å². The highest BCUT2D eigenvalue weighted by molar-refractivity contribution is 6.07. The van der Waals surface area contributed by atoms with Crippen LogP contribution in [0.5, 0.6) is 0 Å². The fourth-order valence-corrected chi connectivity index (χ4v) is 1.71. The standard InChI is InChI=1S/C9H21ClNO/c1-4-11(5-2,6-3)8-7-9-12-10/h4-9H2,1-3H3/q+1. The van der Waals surface area contributed by atoms with Crippen LogP contribution in [0, 0.1) is 0 Å². The Kier molecular flexibility index (Phi) is 6.81. The molecule has 0 aromatic carbocycles. The Balaban J connectivity index is 3.76. The van der Waals surface area contributed by atoms with Gasteiger partial charge >= 0.3 is 0 Å². The summed E-state index contributed by atoms with van der Waals surface area (Å²) in [4.78, 5) is 0. The maximum Gasteiger partial charge on any atom is 0.0809 e. The molecule has 0 rings (SSSR count). The molecule has 74 valence electrons. The molecule has 0 saturated heterocycles. The fourth-order valence-electron chi connectivity index (χ4n) is 1.60. The molecule has 2 nitrogen and oxygen atoms in total. The second-order valence-electron chi connectivity index (χ2n) is 3.18. The third-order valence-corrected chi connectivity index (χ3v) is 3.02. The summed E-state index contributed by atoms with van der Waals surface area (Å²) < 4.78 is 5.71. The molecule has 0 aliphatic heterocycles. The summed E-state index contributed by atoms with van der Waals surface area (Å²) in [6.45, 7) is 12.2. The molecule has 0 heterocycles. The summed E-state index contributed by atoms with van der Waals surface area (Å²) in [5.41, 5.74) is 0. The fraction of sp³-hybridized carbons (Fsp3) is 1.00. The van der Waals surface area contributed by atoms with Gasteiger partial charge in [-0.3, -0.25) is 4.29 Å². The molecule has 0 fully saturated rings. The third-order valence-electron chi connectivity index (χ3n) is 2.87. The summed E-state index contributed by atoms with van der Waals surface area (Å²) in [5, 5.41) is 0. The summed E-state index contributed by atoms with van der Waals surface area (Å²) in [6.07, 6.45) is 1.05. The lowest BCUT2D eigenvalue weighted by Gasteiger charge is -2.35. The normalized spacial score (nSPS) is 12.0. The van der Waals surface area contributed by atoms with E-state index in [4.69, 9.17) is 11.9 Å². The van der Waals surface area contributed by atoms with Gasteiger partial charge in [-0.15, -0.1) is 0 Å². The number of quaternary nitrogens is 1. The molecular formula is C9H21ClNO+. The van der Waals surface area contributed by atoms with Crippen LogP contribution in [-0.2, 0) is 4.29 Å². The minimum atomic E-state index is 0.668. The van der Waals surface area contributed by atoms with Gasteiger partial charge in [0.1, 0.15) is 0 Å². The van der Waals surface area contributed by atoms with Gasteiger partial charge in [0.15, 0.2) is 0 Å². The molecule has 0 aromatic heterocycles. The molecule has 0 aliphatic rings. The summed E-state index contributed by atoms with van der Waals surface area (Å²) >= 11 is 5.15. The summed E-state index contributed by atoms with van der Waals surface area (Å²) in [6, 6.07) is 0. The average Bonchev–Trinajstić information content (AvgIpc) is 2.14. The van der Waals surface area contributed by atoms with Crippen molar-refractivity contribution in [2.45, 2.75) is 27.2 Å². The zero-order chi connectivity index (χ0) is 9.45. The van der Waals surface area contributed by atoms with E-state index < -0.39 is 0 Å². The lowest BCUT2D eigenvalue weighted by molar-refractivity contribution is -0.923. The largest absolute Gasteiger partial charge is 0.324 e. The third kappa shape index (κ3) is 3.74. The molecule has 0 N–H and O–H groups in total. The van der Waals surface area contributed by atoms with E-state index >= 15 is 0 Å². The van der Waals surface area contributed by atoms with Gasteiger partial charge in [0.2, 0.25) is 0 Å². The molecule has 0 bridgehead atoms. The van der Waals surface area contributed by atoms with Crippen LogP contribution in [0.1, 0.15) is 27.2 Å². The number of nitrogens with zero attached hydrogens (tertiary/aromatic N) is 1. The van der Waals surface area contributed by atoms with Crippen molar-refractivity contribution in [3.8, 4) is 0 Å². The Hall–Kier alpha value is 0.210. The van der Waals surface area contributed by atoms with Gasteiger partial charge in [0, 0.05) is 6.42 Å². The smallest absolute Gasteiger partial charge is 0.0809 e. The highest BCUT2D eigenvalue weighted by Crippen LogP contribution is 2.07. The van der Waals surface area contributed by atoms with E-state index in [1.165, 1.54) is 30.7 Å².